The summed E-state index contributed by atoms with van der Waals surface area (Å²) < 4.78 is 11.1. The van der Waals surface area contributed by atoms with Gasteiger partial charge >= 0.3 is 0 Å². The zero-order valence-corrected chi connectivity index (χ0v) is 12.0. The van der Waals surface area contributed by atoms with Crippen LogP contribution in [-0.2, 0) is 0 Å². The highest BCUT2D eigenvalue weighted by Gasteiger charge is 2.09. The van der Waals surface area contributed by atoms with Crippen LogP contribution in [0.4, 0.5) is 5.82 Å². The van der Waals surface area contributed by atoms with Crippen LogP contribution in [0.5, 0.6) is 11.5 Å². The second-order valence-corrected chi connectivity index (χ2v) is 4.91. The molecule has 0 aliphatic heterocycles. The third-order valence-electron chi connectivity index (χ3n) is 2.72. The number of methoxy groups -OCH3 is 1. The van der Waals surface area contributed by atoms with Crippen molar-refractivity contribution in [2.45, 2.75) is 13.8 Å². The van der Waals surface area contributed by atoms with Crippen molar-refractivity contribution >= 4 is 5.82 Å². The van der Waals surface area contributed by atoms with E-state index in [9.17, 15) is 0 Å². The quantitative estimate of drug-likeness (QED) is 0.907. The smallest absolute Gasteiger partial charge is 0.161 e. The van der Waals surface area contributed by atoms with E-state index in [1.165, 1.54) is 0 Å². The van der Waals surface area contributed by atoms with E-state index in [1.54, 1.807) is 13.2 Å². The zero-order valence-electron chi connectivity index (χ0n) is 12.0. The van der Waals surface area contributed by atoms with Gasteiger partial charge in [-0.3, -0.25) is 0 Å². The van der Waals surface area contributed by atoms with Crippen molar-refractivity contribution in [3.63, 3.8) is 0 Å². The number of hydrogen-bond acceptors (Lipinski definition) is 5. The minimum Gasteiger partial charge on any atom is -0.493 e. The van der Waals surface area contributed by atoms with Gasteiger partial charge in [-0.2, -0.15) is 0 Å². The van der Waals surface area contributed by atoms with E-state index in [-0.39, 0.29) is 0 Å². The fourth-order valence-corrected chi connectivity index (χ4v) is 1.70. The van der Waals surface area contributed by atoms with Crippen molar-refractivity contribution in [3.8, 4) is 22.8 Å². The summed E-state index contributed by atoms with van der Waals surface area (Å²) in [5.74, 6) is 2.26. The Balaban J connectivity index is 2.31. The van der Waals surface area contributed by atoms with Crippen LogP contribution in [0.2, 0.25) is 0 Å². The summed E-state index contributed by atoms with van der Waals surface area (Å²) in [6.07, 6.45) is 0. The average molecular weight is 273 g/mol. The molecular weight excluding hydrogens is 254 g/mol. The largest absolute Gasteiger partial charge is 0.493 e. The van der Waals surface area contributed by atoms with Gasteiger partial charge in [-0.1, -0.05) is 13.8 Å². The van der Waals surface area contributed by atoms with E-state index in [2.05, 4.69) is 24.0 Å². The monoisotopic (exact) mass is 273 g/mol. The van der Waals surface area contributed by atoms with Gasteiger partial charge in [-0.05, 0) is 36.2 Å². The number of aromatic nitrogens is 2. The molecule has 0 fully saturated rings. The molecule has 5 heteroatoms. The van der Waals surface area contributed by atoms with Crippen molar-refractivity contribution in [1.29, 1.82) is 0 Å². The van der Waals surface area contributed by atoms with Crippen LogP contribution in [0, 0.1) is 5.92 Å². The topological polar surface area (TPSA) is 70.3 Å². The molecule has 0 spiro atoms. The van der Waals surface area contributed by atoms with E-state index in [0.29, 0.717) is 29.8 Å². The first kappa shape index (κ1) is 14.1. The number of nitrogens with zero attached hydrogens (tertiary/aromatic N) is 2. The van der Waals surface area contributed by atoms with E-state index < -0.39 is 0 Å². The lowest BCUT2D eigenvalue weighted by Gasteiger charge is -2.13. The zero-order chi connectivity index (χ0) is 14.5. The highest BCUT2D eigenvalue weighted by Crippen LogP contribution is 2.32. The van der Waals surface area contributed by atoms with Gasteiger partial charge in [-0.25, -0.2) is 0 Å². The molecule has 0 saturated carbocycles. The molecule has 0 atom stereocenters. The van der Waals surface area contributed by atoms with Gasteiger partial charge in [0, 0.05) is 5.56 Å². The predicted octanol–water partition coefficient (Wildman–Crippen LogP) is 2.77. The van der Waals surface area contributed by atoms with Gasteiger partial charge in [0.05, 0.1) is 19.4 Å². The molecule has 2 aromatic rings. The van der Waals surface area contributed by atoms with Gasteiger partial charge in [-0.15, -0.1) is 10.2 Å². The first-order valence-corrected chi connectivity index (χ1v) is 6.50. The third-order valence-corrected chi connectivity index (χ3v) is 2.72. The Morgan fingerprint density at radius 1 is 1.10 bits per heavy atom. The first-order valence-electron chi connectivity index (χ1n) is 6.50. The molecule has 106 valence electrons. The Kier molecular flexibility index (Phi) is 4.40. The number of rotatable bonds is 5. The summed E-state index contributed by atoms with van der Waals surface area (Å²) in [6, 6.07) is 9.24. The Morgan fingerprint density at radius 2 is 1.90 bits per heavy atom. The van der Waals surface area contributed by atoms with Crippen LogP contribution in [0.25, 0.3) is 11.3 Å². The Hall–Kier alpha value is -2.30. The Labute approximate surface area is 118 Å². The molecule has 0 bridgehead atoms. The van der Waals surface area contributed by atoms with Gasteiger partial charge in [0.2, 0.25) is 0 Å². The molecule has 0 aliphatic carbocycles. The highest BCUT2D eigenvalue weighted by molar-refractivity contribution is 5.64. The predicted molar refractivity (Wildman–Crippen MR) is 78.8 cm³/mol. The van der Waals surface area contributed by atoms with Gasteiger partial charge in [0.15, 0.2) is 11.5 Å². The fraction of sp³-hybridized carbons (Fsp3) is 0.333. The van der Waals surface area contributed by atoms with Crippen molar-refractivity contribution in [1.82, 2.24) is 10.2 Å². The third kappa shape index (κ3) is 3.38. The van der Waals surface area contributed by atoms with E-state index >= 15 is 0 Å². The number of nitrogen functional groups attached to an aromatic ring is 1. The van der Waals surface area contributed by atoms with Crippen LogP contribution < -0.4 is 15.2 Å². The maximum Gasteiger partial charge on any atom is 0.161 e. The van der Waals surface area contributed by atoms with Crippen LogP contribution in [0.15, 0.2) is 30.3 Å². The molecule has 0 saturated heterocycles. The number of nitrogens with two attached hydrogens (primary N) is 1. The molecule has 1 heterocycles. The van der Waals surface area contributed by atoms with Crippen molar-refractivity contribution in [3.05, 3.63) is 30.3 Å². The number of hydrogen-bond donors (Lipinski definition) is 1. The molecular formula is C15H19N3O2. The molecule has 2 rings (SSSR count). The summed E-state index contributed by atoms with van der Waals surface area (Å²) in [5.41, 5.74) is 7.20. The highest BCUT2D eigenvalue weighted by atomic mass is 16.5. The first-order chi connectivity index (χ1) is 9.60. The minimum atomic E-state index is 0.401. The summed E-state index contributed by atoms with van der Waals surface area (Å²) in [5, 5.41) is 7.93. The average Bonchev–Trinajstić information content (AvgIpc) is 2.45. The Bertz CT molecular complexity index is 568. The van der Waals surface area contributed by atoms with Crippen LogP contribution in [0.1, 0.15) is 13.8 Å². The van der Waals surface area contributed by atoms with E-state index in [0.717, 1.165) is 11.3 Å². The SMILES string of the molecule is COc1ccc(-c2ccc(N)nn2)cc1OCC(C)C. The maximum atomic E-state index is 5.78. The van der Waals surface area contributed by atoms with Crippen LogP contribution in [0.3, 0.4) is 0 Å². The van der Waals surface area contributed by atoms with Crippen molar-refractivity contribution < 1.29 is 9.47 Å². The lowest BCUT2D eigenvalue weighted by Crippen LogP contribution is -2.05. The Morgan fingerprint density at radius 3 is 2.50 bits per heavy atom. The summed E-state index contributed by atoms with van der Waals surface area (Å²) in [7, 11) is 1.63. The molecule has 20 heavy (non-hydrogen) atoms. The molecule has 5 nitrogen and oxygen atoms in total. The number of anilines is 1. The maximum absolute atomic E-state index is 5.78. The standard InChI is InChI=1S/C15H19N3O2/c1-10(2)9-20-14-8-11(4-6-13(14)19-3)12-5-7-15(16)18-17-12/h4-8,10H,9H2,1-3H3,(H2,16,18). The summed E-state index contributed by atoms with van der Waals surface area (Å²) >= 11 is 0. The number of ether oxygens (including phenoxy) is 2. The van der Waals surface area contributed by atoms with Crippen molar-refractivity contribution in [2.24, 2.45) is 5.92 Å². The van der Waals surface area contributed by atoms with Gasteiger partial charge < -0.3 is 15.2 Å². The minimum absolute atomic E-state index is 0.401. The van der Waals surface area contributed by atoms with Gasteiger partial charge in [0.25, 0.3) is 0 Å². The fourth-order valence-electron chi connectivity index (χ4n) is 1.70. The molecule has 2 N–H and O–H groups in total. The normalized spacial score (nSPS) is 10.6. The van der Waals surface area contributed by atoms with Gasteiger partial charge in [0.1, 0.15) is 5.82 Å². The molecule has 0 amide bonds. The summed E-state index contributed by atoms with van der Waals surface area (Å²) in [4.78, 5) is 0. The lowest BCUT2D eigenvalue weighted by atomic mass is 10.1. The molecule has 0 unspecified atom stereocenters. The lowest BCUT2D eigenvalue weighted by molar-refractivity contribution is 0.257. The summed E-state index contributed by atoms with van der Waals surface area (Å²) in [6.45, 7) is 4.83. The second-order valence-electron chi connectivity index (χ2n) is 4.91. The van der Waals surface area contributed by atoms with Crippen LogP contribution in [-0.4, -0.2) is 23.9 Å². The molecule has 0 radical (unpaired) electrons. The molecule has 1 aromatic carbocycles. The van der Waals surface area contributed by atoms with E-state index in [4.69, 9.17) is 15.2 Å². The van der Waals surface area contributed by atoms with Crippen molar-refractivity contribution in [2.75, 3.05) is 19.5 Å². The molecule has 1 aromatic heterocycles. The second kappa shape index (κ2) is 6.23. The number of benzene rings is 1. The molecule has 0 aliphatic rings. The van der Waals surface area contributed by atoms with Crippen LogP contribution >= 0.6 is 0 Å². The van der Waals surface area contributed by atoms with E-state index in [1.807, 2.05) is 24.3 Å².